The summed E-state index contributed by atoms with van der Waals surface area (Å²) in [5.41, 5.74) is 2.61. The Hall–Kier alpha value is -3.45. The first-order chi connectivity index (χ1) is 14.1. The number of para-hydroxylation sites is 1. The molecule has 0 N–H and O–H groups in total. The maximum Gasteiger partial charge on any atom is 0.291 e. The summed E-state index contributed by atoms with van der Waals surface area (Å²) in [6.07, 6.45) is 3.79. The maximum absolute atomic E-state index is 12.9. The SMILES string of the molecule is COc1ccc(-c2nc3s/c(=C\C4=Cc5ccccc5O[C@@H]4C)c(=O)n3n2)cc1. The fourth-order valence-corrected chi connectivity index (χ4v) is 4.18. The van der Waals surface area contributed by atoms with Crippen molar-refractivity contribution < 1.29 is 9.47 Å². The minimum atomic E-state index is -0.177. The molecular weight excluding hydrogens is 386 g/mol. The number of fused-ring (bicyclic) bond motifs is 2. The Bertz CT molecular complexity index is 1350. The van der Waals surface area contributed by atoms with Crippen LogP contribution in [-0.2, 0) is 0 Å². The first kappa shape index (κ1) is 17.6. The van der Waals surface area contributed by atoms with Crippen LogP contribution in [-0.4, -0.2) is 27.8 Å². The minimum Gasteiger partial charge on any atom is -0.497 e. The van der Waals surface area contributed by atoms with Gasteiger partial charge in [-0.2, -0.15) is 9.50 Å². The van der Waals surface area contributed by atoms with E-state index in [9.17, 15) is 4.79 Å². The lowest BCUT2D eigenvalue weighted by molar-refractivity contribution is 0.259. The topological polar surface area (TPSA) is 65.7 Å². The van der Waals surface area contributed by atoms with E-state index in [1.165, 1.54) is 15.9 Å². The summed E-state index contributed by atoms with van der Waals surface area (Å²) >= 11 is 1.32. The van der Waals surface area contributed by atoms with Crippen LogP contribution in [0.1, 0.15) is 12.5 Å². The summed E-state index contributed by atoms with van der Waals surface area (Å²) in [5.74, 6) is 2.13. The molecular formula is C22H17N3O3S. The molecule has 0 amide bonds. The number of aromatic nitrogens is 3. The molecule has 0 bridgehead atoms. The molecule has 6 nitrogen and oxygen atoms in total. The standard InChI is InChI=1S/C22H17N3O3S/c1-13-16(11-15-5-3-4-6-18(15)28-13)12-19-21(26)25-22(29-19)23-20(24-25)14-7-9-17(27-2)10-8-14/h3-13H,1-2H3/b19-12-/t13-/m1/s1. The van der Waals surface area contributed by atoms with E-state index in [0.29, 0.717) is 15.3 Å². The number of benzene rings is 2. The van der Waals surface area contributed by atoms with Crippen LogP contribution in [0.25, 0.3) is 28.5 Å². The molecule has 0 unspecified atom stereocenters. The average Bonchev–Trinajstić information content (AvgIpc) is 3.28. The minimum absolute atomic E-state index is 0.137. The van der Waals surface area contributed by atoms with Crippen LogP contribution >= 0.6 is 11.3 Å². The van der Waals surface area contributed by atoms with Gasteiger partial charge < -0.3 is 9.47 Å². The molecule has 1 aliphatic heterocycles. The molecule has 0 radical (unpaired) electrons. The molecule has 1 atom stereocenters. The molecule has 2 aromatic carbocycles. The summed E-state index contributed by atoms with van der Waals surface area (Å²) in [6, 6.07) is 15.3. The number of ether oxygens (including phenoxy) is 2. The zero-order valence-electron chi connectivity index (χ0n) is 15.8. The van der Waals surface area contributed by atoms with Crippen LogP contribution in [0.3, 0.4) is 0 Å². The summed E-state index contributed by atoms with van der Waals surface area (Å²) in [6.45, 7) is 1.97. The fraction of sp³-hybridized carbons (Fsp3) is 0.136. The number of nitrogens with zero attached hydrogens (tertiary/aromatic N) is 3. The highest BCUT2D eigenvalue weighted by Gasteiger charge is 2.18. The van der Waals surface area contributed by atoms with Gasteiger partial charge in [-0.25, -0.2) is 0 Å². The second-order valence-electron chi connectivity index (χ2n) is 6.72. The Balaban J connectivity index is 1.55. The van der Waals surface area contributed by atoms with Gasteiger partial charge in [0.25, 0.3) is 5.56 Å². The van der Waals surface area contributed by atoms with Gasteiger partial charge in [-0.3, -0.25) is 4.79 Å². The Morgan fingerprint density at radius 1 is 1.17 bits per heavy atom. The van der Waals surface area contributed by atoms with Gasteiger partial charge in [-0.15, -0.1) is 5.10 Å². The van der Waals surface area contributed by atoms with Crippen molar-refractivity contribution >= 4 is 28.4 Å². The Morgan fingerprint density at radius 2 is 1.97 bits per heavy atom. The molecule has 29 heavy (non-hydrogen) atoms. The predicted molar refractivity (Wildman–Crippen MR) is 113 cm³/mol. The molecule has 0 spiro atoms. The van der Waals surface area contributed by atoms with E-state index < -0.39 is 0 Å². The Kier molecular flexibility index (Phi) is 4.17. The highest BCUT2D eigenvalue weighted by molar-refractivity contribution is 7.15. The summed E-state index contributed by atoms with van der Waals surface area (Å²) in [4.78, 5) is 17.9. The molecule has 0 saturated heterocycles. The highest BCUT2D eigenvalue weighted by Crippen LogP contribution is 2.29. The van der Waals surface area contributed by atoms with Crippen molar-refractivity contribution in [3.63, 3.8) is 0 Å². The number of methoxy groups -OCH3 is 1. The second-order valence-corrected chi connectivity index (χ2v) is 7.73. The first-order valence-electron chi connectivity index (χ1n) is 9.15. The zero-order valence-corrected chi connectivity index (χ0v) is 16.6. The van der Waals surface area contributed by atoms with Gasteiger partial charge in [-0.05, 0) is 55.0 Å². The van der Waals surface area contributed by atoms with Gasteiger partial charge in [0.05, 0.1) is 11.6 Å². The van der Waals surface area contributed by atoms with Crippen LogP contribution < -0.4 is 19.6 Å². The van der Waals surface area contributed by atoms with Crippen LogP contribution in [0.15, 0.2) is 58.9 Å². The summed E-state index contributed by atoms with van der Waals surface area (Å²) in [5, 5.41) is 4.40. The van der Waals surface area contributed by atoms with Gasteiger partial charge in [0.1, 0.15) is 17.6 Å². The van der Waals surface area contributed by atoms with Crippen LogP contribution in [0.4, 0.5) is 0 Å². The molecule has 3 heterocycles. The van der Waals surface area contributed by atoms with Gasteiger partial charge in [-0.1, -0.05) is 29.5 Å². The van der Waals surface area contributed by atoms with Crippen molar-refractivity contribution in [2.24, 2.45) is 0 Å². The van der Waals surface area contributed by atoms with E-state index in [4.69, 9.17) is 9.47 Å². The lowest BCUT2D eigenvalue weighted by Gasteiger charge is -2.22. The van der Waals surface area contributed by atoms with Crippen molar-refractivity contribution in [3.05, 3.63) is 74.6 Å². The molecule has 0 saturated carbocycles. The lowest BCUT2D eigenvalue weighted by Crippen LogP contribution is -2.26. The van der Waals surface area contributed by atoms with Crippen LogP contribution in [0.5, 0.6) is 11.5 Å². The third kappa shape index (κ3) is 3.09. The van der Waals surface area contributed by atoms with E-state index in [2.05, 4.69) is 16.2 Å². The maximum atomic E-state index is 12.9. The Labute approximate surface area is 170 Å². The molecule has 0 fully saturated rings. The van der Waals surface area contributed by atoms with Crippen LogP contribution in [0, 0.1) is 0 Å². The molecule has 0 aliphatic carbocycles. The van der Waals surface area contributed by atoms with Gasteiger partial charge >= 0.3 is 0 Å². The number of hydrogen-bond donors (Lipinski definition) is 0. The average molecular weight is 403 g/mol. The van der Waals surface area contributed by atoms with Crippen molar-refractivity contribution in [2.75, 3.05) is 7.11 Å². The zero-order chi connectivity index (χ0) is 20.0. The molecule has 5 rings (SSSR count). The van der Waals surface area contributed by atoms with E-state index >= 15 is 0 Å². The lowest BCUT2D eigenvalue weighted by atomic mass is 10.0. The number of hydrogen-bond acceptors (Lipinski definition) is 6. The second kappa shape index (κ2) is 6.86. The van der Waals surface area contributed by atoms with E-state index in [0.717, 1.165) is 28.2 Å². The third-order valence-electron chi connectivity index (χ3n) is 4.84. The van der Waals surface area contributed by atoms with Gasteiger partial charge in [0, 0.05) is 11.1 Å². The van der Waals surface area contributed by atoms with E-state index in [-0.39, 0.29) is 11.7 Å². The molecule has 2 aromatic heterocycles. The van der Waals surface area contributed by atoms with Gasteiger partial charge in [0.15, 0.2) is 5.82 Å². The van der Waals surface area contributed by atoms with Crippen molar-refractivity contribution in [3.8, 4) is 22.9 Å². The smallest absolute Gasteiger partial charge is 0.291 e. The van der Waals surface area contributed by atoms with Gasteiger partial charge in [0.2, 0.25) is 4.96 Å². The molecule has 144 valence electrons. The van der Waals surface area contributed by atoms with Crippen LogP contribution in [0.2, 0.25) is 0 Å². The number of rotatable bonds is 3. The summed E-state index contributed by atoms with van der Waals surface area (Å²) in [7, 11) is 1.62. The number of thiazole rings is 1. The highest BCUT2D eigenvalue weighted by atomic mass is 32.1. The summed E-state index contributed by atoms with van der Waals surface area (Å²) < 4.78 is 13.1. The normalized spacial score (nSPS) is 16.4. The van der Waals surface area contributed by atoms with E-state index in [1.54, 1.807) is 7.11 Å². The molecule has 1 aliphatic rings. The first-order valence-corrected chi connectivity index (χ1v) is 9.97. The van der Waals surface area contributed by atoms with Crippen molar-refractivity contribution in [1.29, 1.82) is 0 Å². The monoisotopic (exact) mass is 403 g/mol. The van der Waals surface area contributed by atoms with Crippen molar-refractivity contribution in [1.82, 2.24) is 14.6 Å². The van der Waals surface area contributed by atoms with E-state index in [1.807, 2.05) is 61.5 Å². The van der Waals surface area contributed by atoms with Crippen molar-refractivity contribution in [2.45, 2.75) is 13.0 Å². The fourth-order valence-electron chi connectivity index (χ4n) is 3.27. The quantitative estimate of drug-likeness (QED) is 0.526. The largest absolute Gasteiger partial charge is 0.497 e. The third-order valence-corrected chi connectivity index (χ3v) is 5.80. The molecule has 7 heteroatoms. The Morgan fingerprint density at radius 3 is 2.72 bits per heavy atom. The molecule has 4 aromatic rings. The predicted octanol–water partition coefficient (Wildman–Crippen LogP) is 3.19.